The van der Waals surface area contributed by atoms with Crippen molar-refractivity contribution in [1.82, 2.24) is 4.90 Å². The molecule has 0 radical (unpaired) electrons. The molecule has 1 rings (SSSR count). The van der Waals surface area contributed by atoms with Crippen molar-refractivity contribution >= 4 is 7.60 Å². The van der Waals surface area contributed by atoms with Crippen LogP contribution in [-0.2, 0) is 13.6 Å². The summed E-state index contributed by atoms with van der Waals surface area (Å²) in [6, 6.07) is 0.0687. The van der Waals surface area contributed by atoms with Gasteiger partial charge < -0.3 is 14.2 Å². The average molecular weight is 251 g/mol. The second-order valence-electron chi connectivity index (χ2n) is 3.80. The Morgan fingerprint density at radius 2 is 1.94 bits per heavy atom. The van der Waals surface area contributed by atoms with Crippen LogP contribution in [0.3, 0.4) is 0 Å². The van der Waals surface area contributed by atoms with Gasteiger partial charge in [-0.25, -0.2) is 0 Å². The van der Waals surface area contributed by atoms with E-state index in [9.17, 15) is 4.57 Å². The van der Waals surface area contributed by atoms with E-state index in [1.807, 2.05) is 25.7 Å². The van der Waals surface area contributed by atoms with Crippen molar-refractivity contribution in [3.63, 3.8) is 0 Å². The number of hydrogen-bond acceptors (Lipinski definition) is 5. The van der Waals surface area contributed by atoms with Crippen LogP contribution in [0, 0.1) is 0 Å². The highest BCUT2D eigenvalue weighted by Crippen LogP contribution is 2.60. The second-order valence-corrected chi connectivity index (χ2v) is 5.99. The molecule has 6 heteroatoms. The van der Waals surface area contributed by atoms with Crippen molar-refractivity contribution in [3.05, 3.63) is 0 Å². The highest BCUT2D eigenvalue weighted by Gasteiger charge is 2.53. The fourth-order valence-corrected chi connectivity index (χ4v) is 3.93. The number of hydrogen-bond donors (Lipinski definition) is 1. The molecule has 96 valence electrons. The van der Waals surface area contributed by atoms with E-state index in [1.54, 1.807) is 0 Å². The molecule has 1 fully saturated rings. The zero-order chi connectivity index (χ0) is 12.2. The van der Waals surface area contributed by atoms with Crippen LogP contribution in [-0.4, -0.2) is 48.2 Å². The number of aliphatic hydroxyl groups excluding tert-OH is 1. The Hall–Kier alpha value is 0.0700. The van der Waals surface area contributed by atoms with Crippen LogP contribution in [0.25, 0.3) is 0 Å². The standard InChI is InChI=1S/C10H22NO4P/c1-4-9(8-12)11-7-10(11)16(13,14-5-2)15-6-3/h9-10,12H,4-8H2,1-3H3/t9-,10+,11?/m1/s1. The summed E-state index contributed by atoms with van der Waals surface area (Å²) >= 11 is 0. The molecule has 5 nitrogen and oxygen atoms in total. The smallest absolute Gasteiger partial charge is 0.348 e. The lowest BCUT2D eigenvalue weighted by molar-refractivity contribution is 0.185. The van der Waals surface area contributed by atoms with Crippen molar-refractivity contribution in [1.29, 1.82) is 0 Å². The van der Waals surface area contributed by atoms with Gasteiger partial charge in [0.25, 0.3) is 0 Å². The number of rotatable bonds is 8. The Kier molecular flexibility index (Phi) is 5.41. The van der Waals surface area contributed by atoms with Gasteiger partial charge in [0, 0.05) is 12.6 Å². The summed E-state index contributed by atoms with van der Waals surface area (Å²) < 4.78 is 22.9. The average Bonchev–Trinajstić information content (AvgIpc) is 3.01. The minimum Gasteiger partial charge on any atom is -0.395 e. The van der Waals surface area contributed by atoms with E-state index in [4.69, 9.17) is 14.2 Å². The van der Waals surface area contributed by atoms with E-state index in [2.05, 4.69) is 0 Å². The SMILES string of the molecule is CCOP(=O)(OCC)[C@H]1CN1[C@H](CC)CO. The van der Waals surface area contributed by atoms with Crippen LogP contribution in [0.2, 0.25) is 0 Å². The van der Waals surface area contributed by atoms with Crippen LogP contribution < -0.4 is 0 Å². The van der Waals surface area contributed by atoms with Gasteiger partial charge in [-0.05, 0) is 20.3 Å². The molecule has 16 heavy (non-hydrogen) atoms. The van der Waals surface area contributed by atoms with Crippen LogP contribution >= 0.6 is 7.60 Å². The van der Waals surface area contributed by atoms with E-state index >= 15 is 0 Å². The molecule has 0 aromatic rings. The van der Waals surface area contributed by atoms with Gasteiger partial charge in [0.2, 0.25) is 0 Å². The highest BCUT2D eigenvalue weighted by molar-refractivity contribution is 7.55. The van der Waals surface area contributed by atoms with Gasteiger partial charge in [-0.2, -0.15) is 0 Å². The van der Waals surface area contributed by atoms with Crippen molar-refractivity contribution in [2.24, 2.45) is 0 Å². The van der Waals surface area contributed by atoms with Gasteiger partial charge in [0.15, 0.2) is 0 Å². The summed E-state index contributed by atoms with van der Waals surface area (Å²) in [4.78, 5) is 1.99. The monoisotopic (exact) mass is 251 g/mol. The lowest BCUT2D eigenvalue weighted by Gasteiger charge is -2.19. The molecule has 0 spiro atoms. The first-order valence-corrected chi connectivity index (χ1v) is 7.49. The number of aliphatic hydroxyl groups is 1. The summed E-state index contributed by atoms with van der Waals surface area (Å²) in [7, 11) is -3.00. The highest BCUT2D eigenvalue weighted by atomic mass is 31.2. The van der Waals surface area contributed by atoms with E-state index in [1.165, 1.54) is 0 Å². The first-order chi connectivity index (χ1) is 7.62. The minimum atomic E-state index is -3.00. The van der Waals surface area contributed by atoms with Crippen molar-refractivity contribution < 1.29 is 18.7 Å². The quantitative estimate of drug-likeness (QED) is 0.525. The molecule has 0 amide bonds. The summed E-state index contributed by atoms with van der Waals surface area (Å²) in [6.45, 7) is 7.17. The summed E-state index contributed by atoms with van der Waals surface area (Å²) in [5.41, 5.74) is 0. The lowest BCUT2D eigenvalue weighted by Crippen LogP contribution is -2.24. The Morgan fingerprint density at radius 1 is 1.38 bits per heavy atom. The Balaban J connectivity index is 2.60. The van der Waals surface area contributed by atoms with E-state index in [0.717, 1.165) is 6.42 Å². The molecule has 1 saturated heterocycles. The van der Waals surface area contributed by atoms with Crippen LogP contribution in [0.4, 0.5) is 0 Å². The summed E-state index contributed by atoms with van der Waals surface area (Å²) in [5.74, 6) is -0.163. The summed E-state index contributed by atoms with van der Waals surface area (Å²) in [5, 5.41) is 9.17. The third-order valence-electron chi connectivity index (χ3n) is 2.76. The third kappa shape index (κ3) is 3.05. The van der Waals surface area contributed by atoms with Crippen molar-refractivity contribution in [2.75, 3.05) is 26.4 Å². The molecule has 0 aromatic carbocycles. The molecule has 0 saturated carbocycles. The molecule has 1 unspecified atom stereocenters. The molecular weight excluding hydrogens is 229 g/mol. The first kappa shape index (κ1) is 14.1. The van der Waals surface area contributed by atoms with Gasteiger partial charge in [0.1, 0.15) is 5.78 Å². The molecule has 0 aromatic heterocycles. The number of nitrogens with zero attached hydrogens (tertiary/aromatic N) is 1. The van der Waals surface area contributed by atoms with Gasteiger partial charge in [-0.3, -0.25) is 9.46 Å². The molecule has 0 aliphatic carbocycles. The van der Waals surface area contributed by atoms with E-state index < -0.39 is 7.60 Å². The Bertz CT molecular complexity index is 247. The van der Waals surface area contributed by atoms with Crippen LogP contribution in [0.5, 0.6) is 0 Å². The predicted octanol–water partition coefficient (Wildman–Crippen LogP) is 1.67. The zero-order valence-electron chi connectivity index (χ0n) is 10.3. The van der Waals surface area contributed by atoms with Crippen molar-refractivity contribution in [3.8, 4) is 0 Å². The predicted molar refractivity (Wildman–Crippen MR) is 62.5 cm³/mol. The van der Waals surface area contributed by atoms with Crippen LogP contribution in [0.15, 0.2) is 0 Å². The first-order valence-electron chi connectivity index (χ1n) is 5.88. The lowest BCUT2D eigenvalue weighted by atomic mass is 10.2. The van der Waals surface area contributed by atoms with Crippen LogP contribution in [0.1, 0.15) is 27.2 Å². The molecule has 1 N–H and O–H groups in total. The fourth-order valence-electron chi connectivity index (χ4n) is 1.85. The molecular formula is C10H22NO4P. The maximum Gasteiger partial charge on any atom is 0.348 e. The van der Waals surface area contributed by atoms with Gasteiger partial charge in [0.05, 0.1) is 19.8 Å². The zero-order valence-corrected chi connectivity index (χ0v) is 11.2. The summed E-state index contributed by atoms with van der Waals surface area (Å²) in [6.07, 6.45) is 0.839. The molecule has 3 atom stereocenters. The topological polar surface area (TPSA) is 58.8 Å². The van der Waals surface area contributed by atoms with E-state index in [-0.39, 0.29) is 18.4 Å². The largest absolute Gasteiger partial charge is 0.395 e. The fraction of sp³-hybridized carbons (Fsp3) is 1.00. The minimum absolute atomic E-state index is 0.0687. The van der Waals surface area contributed by atoms with Crippen molar-refractivity contribution in [2.45, 2.75) is 39.0 Å². The third-order valence-corrected chi connectivity index (χ3v) is 5.18. The normalized spacial score (nSPS) is 26.8. The Morgan fingerprint density at radius 3 is 2.31 bits per heavy atom. The van der Waals surface area contributed by atoms with Gasteiger partial charge in [-0.1, -0.05) is 6.92 Å². The molecule has 1 aliphatic heterocycles. The maximum absolute atomic E-state index is 12.4. The second kappa shape index (κ2) is 6.12. The maximum atomic E-state index is 12.4. The molecule has 1 aliphatic rings. The molecule has 1 heterocycles. The van der Waals surface area contributed by atoms with Gasteiger partial charge >= 0.3 is 7.60 Å². The Labute approximate surface area is 97.3 Å². The van der Waals surface area contributed by atoms with E-state index in [0.29, 0.717) is 19.8 Å². The van der Waals surface area contributed by atoms with Gasteiger partial charge in [-0.15, -0.1) is 0 Å². The molecule has 0 bridgehead atoms.